The molecule has 0 atom stereocenters. The number of hydrogen-bond donors (Lipinski definition) is 3. The first kappa shape index (κ1) is 8.37. The van der Waals surface area contributed by atoms with Gasteiger partial charge in [-0.15, -0.1) is 0 Å². The molecule has 1 aliphatic rings. The SMILES string of the molecule is O[C@H]1CC[C@H](NCS)CC1. The van der Waals surface area contributed by atoms with E-state index >= 15 is 0 Å². The van der Waals surface area contributed by atoms with E-state index in [2.05, 4.69) is 17.9 Å². The van der Waals surface area contributed by atoms with Crippen LogP contribution in [0.1, 0.15) is 25.7 Å². The first-order chi connectivity index (χ1) is 4.83. The van der Waals surface area contributed by atoms with Crippen LogP contribution in [0.3, 0.4) is 0 Å². The summed E-state index contributed by atoms with van der Waals surface area (Å²) in [6, 6.07) is 0.598. The zero-order valence-corrected chi connectivity index (χ0v) is 6.98. The molecule has 2 nitrogen and oxygen atoms in total. The average molecular weight is 161 g/mol. The van der Waals surface area contributed by atoms with Crippen molar-refractivity contribution in [1.29, 1.82) is 0 Å². The van der Waals surface area contributed by atoms with Crippen molar-refractivity contribution in [2.24, 2.45) is 0 Å². The van der Waals surface area contributed by atoms with Crippen LogP contribution in [-0.4, -0.2) is 23.1 Å². The summed E-state index contributed by atoms with van der Waals surface area (Å²) in [5.74, 6) is 0.751. The fourth-order valence-corrected chi connectivity index (χ4v) is 1.67. The maximum atomic E-state index is 9.15. The Labute approximate surface area is 67.4 Å². The summed E-state index contributed by atoms with van der Waals surface area (Å²) in [7, 11) is 0. The molecule has 0 saturated heterocycles. The Morgan fingerprint density at radius 3 is 2.40 bits per heavy atom. The van der Waals surface area contributed by atoms with E-state index in [-0.39, 0.29) is 6.10 Å². The zero-order chi connectivity index (χ0) is 7.40. The quantitative estimate of drug-likeness (QED) is 0.413. The Bertz CT molecular complexity index is 91.6. The molecule has 60 valence electrons. The van der Waals surface area contributed by atoms with Crippen LogP contribution >= 0.6 is 12.6 Å². The summed E-state index contributed by atoms with van der Waals surface area (Å²) in [6.45, 7) is 0. The molecular weight excluding hydrogens is 146 g/mol. The van der Waals surface area contributed by atoms with Gasteiger partial charge in [0.15, 0.2) is 0 Å². The first-order valence-corrected chi connectivity index (χ1v) is 4.48. The summed E-state index contributed by atoms with van der Waals surface area (Å²) in [4.78, 5) is 0. The third-order valence-electron chi connectivity index (χ3n) is 2.08. The Morgan fingerprint density at radius 1 is 1.30 bits per heavy atom. The van der Waals surface area contributed by atoms with Crippen molar-refractivity contribution in [1.82, 2.24) is 5.32 Å². The molecule has 0 spiro atoms. The molecule has 0 unspecified atom stereocenters. The fraction of sp³-hybridized carbons (Fsp3) is 1.00. The van der Waals surface area contributed by atoms with Crippen molar-refractivity contribution in [2.45, 2.75) is 37.8 Å². The standard InChI is InChI=1S/C7H15NOS/c9-7-3-1-6(2-4-7)8-5-10/h6-10H,1-5H2/t6-,7-. The van der Waals surface area contributed by atoms with Crippen molar-refractivity contribution in [3.63, 3.8) is 0 Å². The lowest BCUT2D eigenvalue weighted by Gasteiger charge is -2.25. The van der Waals surface area contributed by atoms with Crippen LogP contribution in [0.25, 0.3) is 0 Å². The van der Waals surface area contributed by atoms with E-state index in [1.54, 1.807) is 0 Å². The van der Waals surface area contributed by atoms with Crippen molar-refractivity contribution in [2.75, 3.05) is 5.88 Å². The number of nitrogens with one attached hydrogen (secondary N) is 1. The van der Waals surface area contributed by atoms with Gasteiger partial charge in [0.05, 0.1) is 6.10 Å². The number of rotatable bonds is 2. The van der Waals surface area contributed by atoms with Gasteiger partial charge in [0, 0.05) is 11.9 Å². The highest BCUT2D eigenvalue weighted by atomic mass is 32.1. The van der Waals surface area contributed by atoms with Crippen LogP contribution in [0.4, 0.5) is 0 Å². The second kappa shape index (κ2) is 4.21. The molecular formula is C7H15NOS. The summed E-state index contributed by atoms with van der Waals surface area (Å²) in [5.41, 5.74) is 0. The summed E-state index contributed by atoms with van der Waals surface area (Å²) >= 11 is 4.08. The van der Waals surface area contributed by atoms with Gasteiger partial charge in [0.2, 0.25) is 0 Å². The summed E-state index contributed by atoms with van der Waals surface area (Å²) in [5, 5.41) is 12.4. The highest BCUT2D eigenvalue weighted by molar-refractivity contribution is 7.80. The molecule has 0 aromatic heterocycles. The minimum atomic E-state index is -0.0435. The van der Waals surface area contributed by atoms with Gasteiger partial charge in [-0.25, -0.2) is 0 Å². The molecule has 1 fully saturated rings. The number of thiol groups is 1. The Hall–Kier alpha value is 0.270. The van der Waals surface area contributed by atoms with Crippen molar-refractivity contribution in [3.05, 3.63) is 0 Å². The van der Waals surface area contributed by atoms with Crippen molar-refractivity contribution >= 4 is 12.6 Å². The van der Waals surface area contributed by atoms with Gasteiger partial charge in [0.25, 0.3) is 0 Å². The van der Waals surface area contributed by atoms with Gasteiger partial charge in [-0.2, -0.15) is 12.6 Å². The van der Waals surface area contributed by atoms with Crippen LogP contribution < -0.4 is 5.32 Å². The Morgan fingerprint density at radius 2 is 1.90 bits per heavy atom. The molecule has 0 bridgehead atoms. The highest BCUT2D eigenvalue weighted by Gasteiger charge is 2.17. The second-order valence-electron chi connectivity index (χ2n) is 2.87. The molecule has 10 heavy (non-hydrogen) atoms. The molecule has 0 aromatic carbocycles. The smallest absolute Gasteiger partial charge is 0.0541 e. The molecule has 1 rings (SSSR count). The number of hydrogen-bond acceptors (Lipinski definition) is 3. The largest absolute Gasteiger partial charge is 0.393 e. The van der Waals surface area contributed by atoms with Crippen LogP contribution in [0.2, 0.25) is 0 Å². The molecule has 0 heterocycles. The monoisotopic (exact) mass is 161 g/mol. The summed E-state index contributed by atoms with van der Waals surface area (Å²) in [6.07, 6.45) is 4.05. The van der Waals surface area contributed by atoms with Gasteiger partial charge in [-0.05, 0) is 25.7 Å². The normalized spacial score (nSPS) is 34.2. The number of aliphatic hydroxyl groups is 1. The molecule has 0 radical (unpaired) electrons. The van der Waals surface area contributed by atoms with Crippen molar-refractivity contribution in [3.8, 4) is 0 Å². The third-order valence-corrected chi connectivity index (χ3v) is 2.26. The topological polar surface area (TPSA) is 32.3 Å². The van der Waals surface area contributed by atoms with Gasteiger partial charge in [0.1, 0.15) is 0 Å². The van der Waals surface area contributed by atoms with Crippen LogP contribution in [0, 0.1) is 0 Å². The second-order valence-corrected chi connectivity index (χ2v) is 3.18. The van der Waals surface area contributed by atoms with Gasteiger partial charge < -0.3 is 10.4 Å². The first-order valence-electron chi connectivity index (χ1n) is 3.85. The fourth-order valence-electron chi connectivity index (χ4n) is 1.41. The minimum Gasteiger partial charge on any atom is -0.393 e. The van der Waals surface area contributed by atoms with E-state index in [9.17, 15) is 0 Å². The van der Waals surface area contributed by atoms with E-state index in [1.807, 2.05) is 0 Å². The molecule has 0 aliphatic heterocycles. The third kappa shape index (κ3) is 2.48. The molecule has 1 aliphatic carbocycles. The van der Waals surface area contributed by atoms with Crippen molar-refractivity contribution < 1.29 is 5.11 Å². The van der Waals surface area contributed by atoms with Gasteiger partial charge in [-0.1, -0.05) is 0 Å². The number of aliphatic hydroxyl groups excluding tert-OH is 1. The van der Waals surface area contributed by atoms with E-state index < -0.39 is 0 Å². The zero-order valence-electron chi connectivity index (χ0n) is 6.08. The lowest BCUT2D eigenvalue weighted by molar-refractivity contribution is 0.118. The van der Waals surface area contributed by atoms with E-state index in [1.165, 1.54) is 0 Å². The summed E-state index contributed by atoms with van der Waals surface area (Å²) < 4.78 is 0. The van der Waals surface area contributed by atoms with Crippen LogP contribution in [0.5, 0.6) is 0 Å². The van der Waals surface area contributed by atoms with Crippen LogP contribution in [-0.2, 0) is 0 Å². The van der Waals surface area contributed by atoms with Gasteiger partial charge in [-0.3, -0.25) is 0 Å². The van der Waals surface area contributed by atoms with E-state index in [4.69, 9.17) is 5.11 Å². The van der Waals surface area contributed by atoms with E-state index in [0.717, 1.165) is 31.6 Å². The maximum Gasteiger partial charge on any atom is 0.0541 e. The lowest BCUT2D eigenvalue weighted by Crippen LogP contribution is -2.33. The highest BCUT2D eigenvalue weighted by Crippen LogP contribution is 2.17. The van der Waals surface area contributed by atoms with Gasteiger partial charge >= 0.3 is 0 Å². The predicted octanol–water partition coefficient (Wildman–Crippen LogP) is 0.767. The Kier molecular flexibility index (Phi) is 3.52. The average Bonchev–Trinajstić information content (AvgIpc) is 1.95. The molecule has 1 saturated carbocycles. The molecule has 3 heteroatoms. The maximum absolute atomic E-state index is 9.15. The molecule has 0 amide bonds. The van der Waals surface area contributed by atoms with E-state index in [0.29, 0.717) is 6.04 Å². The lowest BCUT2D eigenvalue weighted by atomic mass is 9.93. The molecule has 0 aromatic rings. The molecule has 2 N–H and O–H groups in total. The van der Waals surface area contributed by atoms with Crippen LogP contribution in [0.15, 0.2) is 0 Å². The minimum absolute atomic E-state index is 0.0435. The Balaban J connectivity index is 2.13. The predicted molar refractivity (Wildman–Crippen MR) is 45.3 cm³/mol.